The van der Waals surface area contributed by atoms with Crippen molar-refractivity contribution in [2.24, 2.45) is 0 Å². The predicted octanol–water partition coefficient (Wildman–Crippen LogP) is 3.24. The highest BCUT2D eigenvalue weighted by Gasteiger charge is 2.41. The van der Waals surface area contributed by atoms with Crippen molar-refractivity contribution in [3.8, 4) is 10.4 Å². The van der Waals surface area contributed by atoms with Gasteiger partial charge in [0.25, 0.3) is 0 Å². The summed E-state index contributed by atoms with van der Waals surface area (Å²) in [4.78, 5) is 12.1. The van der Waals surface area contributed by atoms with Crippen molar-refractivity contribution in [2.75, 3.05) is 0 Å². The SMILES string of the molecule is C=CCC1(O)c2cc(C(=O)O)ccc2-c2sccc21. The zero-order valence-corrected chi connectivity index (χ0v) is 10.9. The van der Waals surface area contributed by atoms with Crippen molar-refractivity contribution in [1.82, 2.24) is 0 Å². The standard InChI is InChI=1S/C15H12O3S/c1-2-6-15(18)11-5-7-19-13(11)10-4-3-9(14(16)17)8-12(10)15/h2-5,7-8,18H,1,6H2,(H,16,17). The van der Waals surface area contributed by atoms with Crippen LogP contribution in [-0.2, 0) is 5.60 Å². The monoisotopic (exact) mass is 272 g/mol. The number of carboxylic acid groups (broad SMARTS) is 1. The molecule has 2 aromatic rings. The minimum absolute atomic E-state index is 0.191. The molecule has 0 amide bonds. The lowest BCUT2D eigenvalue weighted by molar-refractivity contribution is 0.0695. The van der Waals surface area contributed by atoms with Gasteiger partial charge in [-0.25, -0.2) is 4.79 Å². The first kappa shape index (κ1) is 12.1. The molecule has 96 valence electrons. The van der Waals surface area contributed by atoms with E-state index < -0.39 is 11.6 Å². The maximum atomic E-state index is 11.1. The zero-order chi connectivity index (χ0) is 13.6. The second kappa shape index (κ2) is 4.05. The second-order valence-corrected chi connectivity index (χ2v) is 5.50. The second-order valence-electron chi connectivity index (χ2n) is 4.58. The van der Waals surface area contributed by atoms with Crippen LogP contribution < -0.4 is 0 Å². The third-order valence-electron chi connectivity index (χ3n) is 3.51. The smallest absolute Gasteiger partial charge is 0.335 e. The maximum Gasteiger partial charge on any atom is 0.335 e. The Kier molecular flexibility index (Phi) is 2.59. The van der Waals surface area contributed by atoms with Crippen molar-refractivity contribution in [3.63, 3.8) is 0 Å². The van der Waals surface area contributed by atoms with Crippen LogP contribution in [0.3, 0.4) is 0 Å². The van der Waals surface area contributed by atoms with Gasteiger partial charge in [-0.15, -0.1) is 17.9 Å². The minimum Gasteiger partial charge on any atom is -0.478 e. The first-order valence-corrected chi connectivity index (χ1v) is 6.75. The van der Waals surface area contributed by atoms with Crippen molar-refractivity contribution < 1.29 is 15.0 Å². The molecule has 4 heteroatoms. The van der Waals surface area contributed by atoms with Gasteiger partial charge in [0, 0.05) is 16.9 Å². The Morgan fingerprint density at radius 1 is 1.37 bits per heavy atom. The maximum absolute atomic E-state index is 11.1. The average Bonchev–Trinajstić information content (AvgIpc) is 2.94. The number of hydrogen-bond acceptors (Lipinski definition) is 3. The Morgan fingerprint density at radius 2 is 2.16 bits per heavy atom. The summed E-state index contributed by atoms with van der Waals surface area (Å²) in [6, 6.07) is 6.80. The topological polar surface area (TPSA) is 57.5 Å². The highest BCUT2D eigenvalue weighted by Crippen LogP contribution is 2.51. The summed E-state index contributed by atoms with van der Waals surface area (Å²) in [5.74, 6) is -0.987. The lowest BCUT2D eigenvalue weighted by Gasteiger charge is -2.23. The molecule has 0 bridgehead atoms. The van der Waals surface area contributed by atoms with E-state index >= 15 is 0 Å². The number of benzene rings is 1. The van der Waals surface area contributed by atoms with E-state index in [0.29, 0.717) is 12.0 Å². The summed E-state index contributed by atoms with van der Waals surface area (Å²) in [5.41, 5.74) is 1.46. The van der Waals surface area contributed by atoms with Gasteiger partial charge in [0.15, 0.2) is 0 Å². The van der Waals surface area contributed by atoms with Crippen LogP contribution in [0.15, 0.2) is 42.3 Å². The van der Waals surface area contributed by atoms with Crippen LogP contribution in [-0.4, -0.2) is 16.2 Å². The lowest BCUT2D eigenvalue weighted by atomic mass is 9.88. The molecule has 0 spiro atoms. The van der Waals surface area contributed by atoms with Crippen molar-refractivity contribution in [3.05, 3.63) is 59.0 Å². The Bertz CT molecular complexity index is 686. The van der Waals surface area contributed by atoms with Gasteiger partial charge in [0.05, 0.1) is 5.56 Å². The van der Waals surface area contributed by atoms with Gasteiger partial charge in [-0.1, -0.05) is 12.1 Å². The summed E-state index contributed by atoms with van der Waals surface area (Å²) in [5, 5.41) is 22.0. The van der Waals surface area contributed by atoms with Gasteiger partial charge in [-0.2, -0.15) is 0 Å². The zero-order valence-electron chi connectivity index (χ0n) is 10.1. The Hall–Kier alpha value is -1.91. The van der Waals surface area contributed by atoms with Gasteiger partial charge in [0.1, 0.15) is 5.60 Å². The van der Waals surface area contributed by atoms with Crippen LogP contribution in [0.2, 0.25) is 0 Å². The number of hydrogen-bond donors (Lipinski definition) is 2. The first-order chi connectivity index (χ1) is 9.08. The molecule has 1 aromatic carbocycles. The normalized spacial score (nSPS) is 19.8. The van der Waals surface area contributed by atoms with Crippen molar-refractivity contribution in [2.45, 2.75) is 12.0 Å². The van der Waals surface area contributed by atoms with Crippen LogP contribution in [0.25, 0.3) is 10.4 Å². The van der Waals surface area contributed by atoms with Gasteiger partial charge in [-0.05, 0) is 34.7 Å². The predicted molar refractivity (Wildman–Crippen MR) is 74.5 cm³/mol. The van der Waals surface area contributed by atoms with E-state index in [0.717, 1.165) is 16.0 Å². The molecule has 1 aliphatic rings. The first-order valence-electron chi connectivity index (χ1n) is 5.87. The molecule has 1 aromatic heterocycles. The van der Waals surface area contributed by atoms with Crippen LogP contribution in [0, 0.1) is 0 Å². The molecule has 0 aliphatic heterocycles. The van der Waals surface area contributed by atoms with E-state index in [1.165, 1.54) is 0 Å². The number of fused-ring (bicyclic) bond motifs is 3. The minimum atomic E-state index is -1.15. The molecule has 3 nitrogen and oxygen atoms in total. The van der Waals surface area contributed by atoms with Crippen LogP contribution in [0.5, 0.6) is 0 Å². The van der Waals surface area contributed by atoms with E-state index in [1.54, 1.807) is 35.6 Å². The number of carboxylic acids is 1. The Balaban J connectivity index is 2.28. The largest absolute Gasteiger partial charge is 0.478 e. The molecule has 0 saturated heterocycles. The van der Waals surface area contributed by atoms with Gasteiger partial charge < -0.3 is 10.2 Å². The molecule has 1 atom stereocenters. The summed E-state index contributed by atoms with van der Waals surface area (Å²) >= 11 is 1.56. The fourth-order valence-corrected chi connectivity index (χ4v) is 3.64. The lowest BCUT2D eigenvalue weighted by Crippen LogP contribution is -2.23. The molecule has 0 saturated carbocycles. The van der Waals surface area contributed by atoms with Crippen molar-refractivity contribution in [1.29, 1.82) is 0 Å². The number of rotatable bonds is 3. The number of aliphatic hydroxyl groups is 1. The summed E-state index contributed by atoms with van der Waals surface area (Å²) in [6.07, 6.45) is 2.02. The van der Waals surface area contributed by atoms with Crippen LogP contribution >= 0.6 is 11.3 Å². The third kappa shape index (κ3) is 1.57. The quantitative estimate of drug-likeness (QED) is 0.843. The molecular formula is C15H12O3S. The molecule has 1 heterocycles. The van der Waals surface area contributed by atoms with Gasteiger partial charge in [0.2, 0.25) is 0 Å². The molecule has 19 heavy (non-hydrogen) atoms. The van der Waals surface area contributed by atoms with E-state index in [9.17, 15) is 9.90 Å². The summed E-state index contributed by atoms with van der Waals surface area (Å²) in [6.45, 7) is 3.68. The molecular weight excluding hydrogens is 260 g/mol. The molecule has 1 aliphatic carbocycles. The molecule has 3 rings (SSSR count). The summed E-state index contributed by atoms with van der Waals surface area (Å²) < 4.78 is 0. The molecule has 0 fully saturated rings. The van der Waals surface area contributed by atoms with E-state index in [4.69, 9.17) is 5.11 Å². The highest BCUT2D eigenvalue weighted by molar-refractivity contribution is 7.13. The summed E-state index contributed by atoms with van der Waals surface area (Å²) in [7, 11) is 0. The van der Waals surface area contributed by atoms with Crippen molar-refractivity contribution >= 4 is 17.3 Å². The highest BCUT2D eigenvalue weighted by atomic mass is 32.1. The number of carbonyl (C=O) groups is 1. The van der Waals surface area contributed by atoms with E-state index in [1.807, 2.05) is 11.4 Å². The fourth-order valence-electron chi connectivity index (χ4n) is 2.63. The molecule has 0 radical (unpaired) electrons. The van der Waals surface area contributed by atoms with Gasteiger partial charge in [-0.3, -0.25) is 0 Å². The number of thiophene rings is 1. The molecule has 1 unspecified atom stereocenters. The number of aromatic carboxylic acids is 1. The Labute approximate surface area is 114 Å². The third-order valence-corrected chi connectivity index (χ3v) is 4.45. The van der Waals surface area contributed by atoms with Crippen LogP contribution in [0.4, 0.5) is 0 Å². The van der Waals surface area contributed by atoms with Gasteiger partial charge >= 0.3 is 5.97 Å². The van der Waals surface area contributed by atoms with E-state index in [-0.39, 0.29) is 5.56 Å². The van der Waals surface area contributed by atoms with E-state index in [2.05, 4.69) is 6.58 Å². The fraction of sp³-hybridized carbons (Fsp3) is 0.133. The Morgan fingerprint density at radius 3 is 2.84 bits per heavy atom. The average molecular weight is 272 g/mol. The molecule has 2 N–H and O–H groups in total. The van der Waals surface area contributed by atoms with Crippen LogP contribution in [0.1, 0.15) is 27.9 Å².